The van der Waals surface area contributed by atoms with Crippen LogP contribution < -0.4 is 24.8 Å². The molecule has 0 saturated heterocycles. The van der Waals surface area contributed by atoms with Gasteiger partial charge in [-0.15, -0.1) is 69.1 Å². The molecule has 0 amide bonds. The molecule has 4 heteroatoms. The second-order valence-electron chi connectivity index (χ2n) is 12.2. The van der Waals surface area contributed by atoms with Crippen molar-refractivity contribution in [2.45, 2.75) is 68.5 Å². The Hall–Kier alpha value is -2.22. The molecule has 6 rings (SSSR count). The predicted octanol–water partition coefficient (Wildman–Crippen LogP) is 5.71. The molecule has 0 saturated carbocycles. The number of rotatable bonds is 2. The maximum absolute atomic E-state index is 2.31. The molecular weight excluding hydrogens is 671 g/mol. The molecule has 228 valence electrons. The Labute approximate surface area is 293 Å². The van der Waals surface area contributed by atoms with Crippen LogP contribution in [0.2, 0.25) is 13.1 Å². The Morgan fingerprint density at radius 1 is 0.500 bits per heavy atom. The van der Waals surface area contributed by atoms with E-state index in [1.54, 1.807) is 23.3 Å². The second-order valence-corrected chi connectivity index (χ2v) is 21.6. The van der Waals surface area contributed by atoms with Crippen LogP contribution in [0.15, 0.2) is 84.9 Å². The van der Waals surface area contributed by atoms with Gasteiger partial charge in [-0.05, 0) is 74.9 Å². The first-order chi connectivity index (χ1) is 19.8. The number of benzene rings is 4. The Bertz CT molecular complexity index is 1720. The molecule has 0 nitrogen and oxygen atoms in total. The van der Waals surface area contributed by atoms with Crippen molar-refractivity contribution in [2.24, 2.45) is 0 Å². The Morgan fingerprint density at radius 3 is 1.09 bits per heavy atom. The molecule has 6 aromatic rings. The zero-order valence-corrected chi connectivity index (χ0v) is 32.8. The van der Waals surface area contributed by atoms with Gasteiger partial charge in [0, 0.05) is 0 Å². The average molecular weight is 715 g/mol. The first kappa shape index (κ1) is 38.0. The zero-order valence-electron chi connectivity index (χ0n) is 27.8. The van der Waals surface area contributed by atoms with Crippen molar-refractivity contribution in [3.63, 3.8) is 0 Å². The molecule has 0 aromatic heterocycles. The number of hydrogen-bond acceptors (Lipinski definition) is 0. The predicted molar refractivity (Wildman–Crippen MR) is 185 cm³/mol. The molecule has 44 heavy (non-hydrogen) atoms. The third kappa shape index (κ3) is 8.95. The Morgan fingerprint density at radius 2 is 0.795 bits per heavy atom. The van der Waals surface area contributed by atoms with Crippen LogP contribution in [0.4, 0.5) is 0 Å². The van der Waals surface area contributed by atoms with E-state index in [9.17, 15) is 0 Å². The van der Waals surface area contributed by atoms with Crippen molar-refractivity contribution in [1.29, 1.82) is 0 Å². The van der Waals surface area contributed by atoms with E-state index in [0.29, 0.717) is 0 Å². The summed E-state index contributed by atoms with van der Waals surface area (Å²) in [7, 11) is 0. The molecule has 0 N–H and O–H groups in total. The van der Waals surface area contributed by atoms with Gasteiger partial charge in [-0.25, -0.2) is 0 Å². The normalized spacial score (nSPS) is 10.3. The van der Waals surface area contributed by atoms with E-state index in [1.807, 2.05) is 0 Å². The van der Waals surface area contributed by atoms with Crippen molar-refractivity contribution in [3.05, 3.63) is 129 Å². The van der Waals surface area contributed by atoms with Crippen molar-refractivity contribution in [3.8, 4) is 22.3 Å². The van der Waals surface area contributed by atoms with Gasteiger partial charge in [-0.2, -0.15) is 12.1 Å². The fourth-order valence-electron chi connectivity index (χ4n) is 6.41. The van der Waals surface area contributed by atoms with E-state index in [4.69, 9.17) is 0 Å². The van der Waals surface area contributed by atoms with Crippen LogP contribution in [0.1, 0.15) is 44.5 Å². The van der Waals surface area contributed by atoms with Crippen molar-refractivity contribution >= 4 is 27.0 Å². The van der Waals surface area contributed by atoms with Gasteiger partial charge in [0.05, 0.1) is 0 Å². The molecule has 0 aliphatic carbocycles. The standard InChI is InChI=1S/2C19H19.C2H6Si.2ClH.Zr/c2*1-12-8-14(3)19(15(4)9-12)17-7-5-6-16-10-13(2)11-18(16)17;1-3-2;;;/h2*5-11H,1-4H3;1-2H3;2*1H;/q2*-1;;;;+2/p-2. The van der Waals surface area contributed by atoms with Gasteiger partial charge < -0.3 is 24.8 Å². The Kier molecular flexibility index (Phi) is 14.1. The van der Waals surface area contributed by atoms with Gasteiger partial charge in [-0.1, -0.05) is 72.5 Å². The second kappa shape index (κ2) is 16.4. The SMILES string of the molecule is C[Si](C)=[Zr+2].Cc1cc(C)c(-c2cccc3[cH-]c(C)cc23)c(C)c1.Cc1cc(C)c(-c2cccc3[cH-]c(C)cc23)c(C)c1.[Cl-].[Cl-]. The zero-order chi connectivity index (χ0) is 30.7. The van der Waals surface area contributed by atoms with Gasteiger partial charge in [0.15, 0.2) is 0 Å². The number of halogens is 2. The van der Waals surface area contributed by atoms with Crippen molar-refractivity contribution in [1.82, 2.24) is 0 Å². The van der Waals surface area contributed by atoms with Crippen LogP contribution in [0, 0.1) is 55.4 Å². The molecule has 0 unspecified atom stereocenters. The molecule has 0 atom stereocenters. The summed E-state index contributed by atoms with van der Waals surface area (Å²) in [6, 6.07) is 31.4. The summed E-state index contributed by atoms with van der Waals surface area (Å²) in [5.74, 6) is 0. The number of fused-ring (bicyclic) bond motifs is 2. The summed E-state index contributed by atoms with van der Waals surface area (Å²) in [6.45, 7) is 22.1. The molecule has 0 fully saturated rings. The summed E-state index contributed by atoms with van der Waals surface area (Å²) in [5, 5.41) is 5.42. The topological polar surface area (TPSA) is 0 Å². The molecule has 6 aromatic carbocycles. The van der Waals surface area contributed by atoms with Crippen LogP contribution >= 0.6 is 0 Å². The van der Waals surface area contributed by atoms with E-state index in [1.165, 1.54) is 88.3 Å². The number of hydrogen-bond donors (Lipinski definition) is 0. The van der Waals surface area contributed by atoms with Crippen molar-refractivity contribution < 1.29 is 48.1 Å². The fourth-order valence-corrected chi connectivity index (χ4v) is 6.41. The van der Waals surface area contributed by atoms with Gasteiger partial charge in [0.2, 0.25) is 0 Å². The first-order valence-corrected chi connectivity index (χ1v) is 21.0. The molecule has 0 radical (unpaired) electrons. The largest absolute Gasteiger partial charge is 1.00 e. The van der Waals surface area contributed by atoms with E-state index in [2.05, 4.69) is 153 Å². The molecule has 0 aliphatic heterocycles. The molecule has 0 heterocycles. The average Bonchev–Trinajstić information content (AvgIpc) is 3.44. The van der Waals surface area contributed by atoms with Gasteiger partial charge in [0.25, 0.3) is 0 Å². The van der Waals surface area contributed by atoms with E-state index in [-0.39, 0.29) is 30.2 Å². The summed E-state index contributed by atoms with van der Waals surface area (Å²) in [6.07, 6.45) is 0. The quantitative estimate of drug-likeness (QED) is 0.159. The maximum atomic E-state index is 2.31. The van der Waals surface area contributed by atoms with Crippen LogP contribution in [0.3, 0.4) is 0 Å². The number of aryl methyl sites for hydroxylation is 8. The van der Waals surface area contributed by atoms with E-state index >= 15 is 0 Å². The summed E-state index contributed by atoms with van der Waals surface area (Å²) in [4.78, 5) is 0. The summed E-state index contributed by atoms with van der Waals surface area (Å²) in [5.41, 5.74) is 16.5. The van der Waals surface area contributed by atoms with E-state index < -0.39 is 0 Å². The first-order valence-electron chi connectivity index (χ1n) is 14.9. The van der Waals surface area contributed by atoms with Gasteiger partial charge in [0.1, 0.15) is 0 Å². The third-order valence-corrected chi connectivity index (χ3v) is 7.68. The fraction of sp³-hybridized carbons (Fsp3) is 0.250. The molecule has 0 aliphatic rings. The monoisotopic (exact) mass is 712 g/mol. The van der Waals surface area contributed by atoms with E-state index in [0.717, 1.165) is 0 Å². The minimum atomic E-state index is 0. The van der Waals surface area contributed by atoms with Crippen LogP contribution in [-0.2, 0) is 23.3 Å². The molecule has 0 bridgehead atoms. The Balaban J connectivity index is 0.000000263. The maximum Gasteiger partial charge on any atom is -0.0220 e. The summed E-state index contributed by atoms with van der Waals surface area (Å²) < 4.78 is 0. The van der Waals surface area contributed by atoms with Crippen LogP contribution in [0.5, 0.6) is 0 Å². The van der Waals surface area contributed by atoms with Crippen LogP contribution in [-0.4, -0.2) is 5.43 Å². The van der Waals surface area contributed by atoms with Gasteiger partial charge >= 0.3 is 41.9 Å². The minimum absolute atomic E-state index is 0. The minimum Gasteiger partial charge on any atom is -1.00 e. The smallest absolute Gasteiger partial charge is 0.0220 e. The van der Waals surface area contributed by atoms with Gasteiger partial charge in [-0.3, -0.25) is 0 Å². The summed E-state index contributed by atoms with van der Waals surface area (Å²) >= 11 is 1.74. The molecule has 0 spiro atoms. The third-order valence-electron chi connectivity index (χ3n) is 7.68. The molecular formula is C40H44Cl2SiZr-2. The van der Waals surface area contributed by atoms with Crippen LogP contribution in [0.25, 0.3) is 43.8 Å². The van der Waals surface area contributed by atoms with Crippen molar-refractivity contribution in [2.75, 3.05) is 0 Å².